The number of benzene rings is 1. The van der Waals surface area contributed by atoms with Crippen molar-refractivity contribution in [1.82, 2.24) is 9.55 Å². The summed E-state index contributed by atoms with van der Waals surface area (Å²) in [6, 6.07) is 7.61. The SMILES string of the molecule is C=CCn1c(O)c(C=C=Cc2ccc(Br)cc2)c(=O)[nH]c1=S. The van der Waals surface area contributed by atoms with Crippen molar-refractivity contribution in [3.63, 3.8) is 0 Å². The first-order chi connectivity index (χ1) is 10.5. The summed E-state index contributed by atoms with van der Waals surface area (Å²) in [6.45, 7) is 3.90. The fourth-order valence-corrected chi connectivity index (χ4v) is 2.30. The highest BCUT2D eigenvalue weighted by molar-refractivity contribution is 9.10. The molecule has 2 N–H and O–H groups in total. The van der Waals surface area contributed by atoms with Gasteiger partial charge >= 0.3 is 0 Å². The van der Waals surface area contributed by atoms with Crippen LogP contribution < -0.4 is 5.56 Å². The number of H-pyrrole nitrogens is 1. The first-order valence-electron chi connectivity index (χ1n) is 6.38. The van der Waals surface area contributed by atoms with Crippen molar-refractivity contribution in [3.8, 4) is 5.88 Å². The summed E-state index contributed by atoms with van der Waals surface area (Å²) in [6.07, 6.45) is 4.72. The third-order valence-corrected chi connectivity index (χ3v) is 3.72. The number of aromatic amines is 1. The molecule has 0 aliphatic carbocycles. The minimum atomic E-state index is -0.459. The number of nitrogens with one attached hydrogen (secondary N) is 1. The first kappa shape index (κ1) is 16.2. The molecule has 0 atom stereocenters. The Balaban J connectivity index is 2.44. The monoisotopic (exact) mass is 376 g/mol. The number of hydrogen-bond donors (Lipinski definition) is 2. The maximum atomic E-state index is 11.9. The largest absolute Gasteiger partial charge is 0.494 e. The standard InChI is InChI=1S/C16H13BrN2O2S/c1-2-10-19-15(21)13(14(20)18-16(19)22)5-3-4-11-6-8-12(17)9-7-11/h2,4-9,21H,1,10H2,(H,18,20,22). The number of aromatic nitrogens is 2. The topological polar surface area (TPSA) is 58.0 Å². The Morgan fingerprint density at radius 3 is 2.68 bits per heavy atom. The Morgan fingerprint density at radius 1 is 1.36 bits per heavy atom. The average Bonchev–Trinajstić information content (AvgIpc) is 2.49. The van der Waals surface area contributed by atoms with Gasteiger partial charge in [-0.2, -0.15) is 0 Å². The van der Waals surface area contributed by atoms with Gasteiger partial charge in [-0.05, 0) is 42.1 Å². The molecule has 0 saturated carbocycles. The van der Waals surface area contributed by atoms with Gasteiger partial charge in [0, 0.05) is 11.0 Å². The molecule has 112 valence electrons. The zero-order valence-electron chi connectivity index (χ0n) is 11.5. The number of halogens is 1. The van der Waals surface area contributed by atoms with Gasteiger partial charge in [0.15, 0.2) is 4.77 Å². The maximum absolute atomic E-state index is 11.9. The second-order valence-corrected chi connectivity index (χ2v) is 5.71. The van der Waals surface area contributed by atoms with Gasteiger partial charge < -0.3 is 5.11 Å². The van der Waals surface area contributed by atoms with E-state index in [2.05, 4.69) is 33.2 Å². The second kappa shape index (κ2) is 7.22. The fraction of sp³-hybridized carbons (Fsp3) is 0.0625. The molecule has 1 aromatic carbocycles. The summed E-state index contributed by atoms with van der Waals surface area (Å²) >= 11 is 8.36. The molecular formula is C16H13BrN2O2S. The van der Waals surface area contributed by atoms with Crippen molar-refractivity contribution in [1.29, 1.82) is 0 Å². The summed E-state index contributed by atoms with van der Waals surface area (Å²) in [5.74, 6) is -0.203. The van der Waals surface area contributed by atoms with E-state index in [1.807, 2.05) is 24.3 Å². The summed E-state index contributed by atoms with van der Waals surface area (Å²) in [7, 11) is 0. The highest BCUT2D eigenvalue weighted by atomic mass is 79.9. The smallest absolute Gasteiger partial charge is 0.263 e. The van der Waals surface area contributed by atoms with Crippen molar-refractivity contribution in [2.75, 3.05) is 0 Å². The normalized spacial score (nSPS) is 9.86. The molecule has 0 spiro atoms. The van der Waals surface area contributed by atoms with E-state index in [-0.39, 0.29) is 16.2 Å². The number of aromatic hydroxyl groups is 1. The van der Waals surface area contributed by atoms with E-state index in [9.17, 15) is 9.90 Å². The van der Waals surface area contributed by atoms with Crippen molar-refractivity contribution in [3.05, 3.63) is 73.4 Å². The molecule has 0 amide bonds. The molecule has 0 saturated heterocycles. The predicted octanol–water partition coefficient (Wildman–Crippen LogP) is 3.89. The second-order valence-electron chi connectivity index (χ2n) is 4.40. The van der Waals surface area contributed by atoms with E-state index in [4.69, 9.17) is 12.2 Å². The van der Waals surface area contributed by atoms with Crippen molar-refractivity contribution >= 4 is 40.3 Å². The van der Waals surface area contributed by atoms with Crippen LogP contribution in [0.25, 0.3) is 12.2 Å². The molecule has 1 heterocycles. The lowest BCUT2D eigenvalue weighted by atomic mass is 10.2. The van der Waals surface area contributed by atoms with Gasteiger partial charge in [0.25, 0.3) is 5.56 Å². The number of hydrogen-bond acceptors (Lipinski definition) is 3. The van der Waals surface area contributed by atoms with Crippen molar-refractivity contribution in [2.24, 2.45) is 0 Å². The molecule has 0 unspecified atom stereocenters. The minimum Gasteiger partial charge on any atom is -0.494 e. The number of rotatable bonds is 4. The van der Waals surface area contributed by atoms with Gasteiger partial charge in [0.1, 0.15) is 5.56 Å². The minimum absolute atomic E-state index is 0.101. The Labute approximate surface area is 140 Å². The molecule has 0 radical (unpaired) electrons. The lowest BCUT2D eigenvalue weighted by Crippen LogP contribution is -2.16. The third-order valence-electron chi connectivity index (χ3n) is 2.87. The highest BCUT2D eigenvalue weighted by Crippen LogP contribution is 2.15. The van der Waals surface area contributed by atoms with Crippen molar-refractivity contribution in [2.45, 2.75) is 6.54 Å². The molecule has 0 aliphatic heterocycles. The molecule has 22 heavy (non-hydrogen) atoms. The molecule has 0 aliphatic rings. The van der Waals surface area contributed by atoms with Crippen LogP contribution >= 0.6 is 28.1 Å². The van der Waals surface area contributed by atoms with Gasteiger partial charge in [0.05, 0.1) is 0 Å². The van der Waals surface area contributed by atoms with E-state index in [0.29, 0.717) is 6.54 Å². The summed E-state index contributed by atoms with van der Waals surface area (Å²) in [5.41, 5.74) is 3.46. The molecule has 6 heteroatoms. The molecule has 2 aromatic rings. The van der Waals surface area contributed by atoms with E-state index in [1.54, 1.807) is 12.2 Å². The molecule has 0 bridgehead atoms. The van der Waals surface area contributed by atoms with Gasteiger partial charge in [-0.25, -0.2) is 0 Å². The lowest BCUT2D eigenvalue weighted by molar-refractivity contribution is 0.413. The van der Waals surface area contributed by atoms with E-state index in [0.717, 1.165) is 10.0 Å². The Morgan fingerprint density at radius 2 is 2.05 bits per heavy atom. The Kier molecular flexibility index (Phi) is 5.33. The highest BCUT2D eigenvalue weighted by Gasteiger charge is 2.08. The average molecular weight is 377 g/mol. The van der Waals surface area contributed by atoms with Crippen LogP contribution in [0, 0.1) is 4.77 Å². The zero-order valence-corrected chi connectivity index (χ0v) is 13.9. The summed E-state index contributed by atoms with van der Waals surface area (Å²) < 4.78 is 2.52. The van der Waals surface area contributed by atoms with Crippen LogP contribution in [0.3, 0.4) is 0 Å². The molecule has 0 fully saturated rings. The molecule has 2 rings (SSSR count). The fourth-order valence-electron chi connectivity index (χ4n) is 1.78. The third kappa shape index (κ3) is 3.74. The Hall–Kier alpha value is -2.14. The number of allylic oxidation sites excluding steroid dienone is 1. The van der Waals surface area contributed by atoms with Crippen LogP contribution in [0.5, 0.6) is 5.88 Å². The van der Waals surface area contributed by atoms with Crippen LogP contribution in [0.4, 0.5) is 0 Å². The van der Waals surface area contributed by atoms with Gasteiger partial charge in [-0.1, -0.05) is 34.1 Å². The van der Waals surface area contributed by atoms with E-state index < -0.39 is 5.56 Å². The maximum Gasteiger partial charge on any atom is 0.263 e. The van der Waals surface area contributed by atoms with Gasteiger partial charge in [0.2, 0.25) is 5.88 Å². The van der Waals surface area contributed by atoms with Crippen LogP contribution in [-0.4, -0.2) is 14.7 Å². The van der Waals surface area contributed by atoms with Crippen LogP contribution in [0.15, 0.2) is 51.9 Å². The van der Waals surface area contributed by atoms with Gasteiger partial charge in [-0.15, -0.1) is 12.3 Å². The van der Waals surface area contributed by atoms with Crippen LogP contribution in [0.1, 0.15) is 11.1 Å². The molecule has 1 aromatic heterocycles. The van der Waals surface area contributed by atoms with E-state index >= 15 is 0 Å². The first-order valence-corrected chi connectivity index (χ1v) is 7.58. The summed E-state index contributed by atoms with van der Waals surface area (Å²) in [5, 5.41) is 10.2. The number of nitrogens with zero attached hydrogens (tertiary/aromatic N) is 1. The molecule has 4 nitrogen and oxygen atoms in total. The predicted molar refractivity (Wildman–Crippen MR) is 94.3 cm³/mol. The lowest BCUT2D eigenvalue weighted by Gasteiger charge is -2.07. The zero-order chi connectivity index (χ0) is 16.1. The van der Waals surface area contributed by atoms with E-state index in [1.165, 1.54) is 10.6 Å². The van der Waals surface area contributed by atoms with Crippen LogP contribution in [0.2, 0.25) is 0 Å². The van der Waals surface area contributed by atoms with Crippen molar-refractivity contribution < 1.29 is 5.11 Å². The quantitative estimate of drug-likeness (QED) is 0.483. The van der Waals surface area contributed by atoms with Crippen LogP contribution in [-0.2, 0) is 6.54 Å². The van der Waals surface area contributed by atoms with Gasteiger partial charge in [-0.3, -0.25) is 14.3 Å². The Bertz CT molecular complexity index is 872. The summed E-state index contributed by atoms with van der Waals surface area (Å²) in [4.78, 5) is 14.4. The molecular weight excluding hydrogens is 364 g/mol.